The Hall–Kier alpha value is -1.38. The van der Waals surface area contributed by atoms with Crippen LogP contribution in [0.5, 0.6) is 0 Å². The highest BCUT2D eigenvalue weighted by Crippen LogP contribution is 2.07. The molecule has 0 bridgehead atoms. The summed E-state index contributed by atoms with van der Waals surface area (Å²) >= 11 is 0. The standard InChI is InChI=1S/C11H19NO6S/c1-18-11(15)10(19(2,16)17)4-3-5-12(6-8-13)7-9-14/h3-5,13-14H,6-9H2,1-2H3/b5-3+,10-4+. The van der Waals surface area contributed by atoms with Gasteiger partial charge >= 0.3 is 5.97 Å². The minimum atomic E-state index is -3.68. The Bertz CT molecular complexity index is 434. The third-order valence-electron chi connectivity index (χ3n) is 2.10. The molecule has 0 aromatic heterocycles. The molecule has 0 aliphatic carbocycles. The monoisotopic (exact) mass is 293 g/mol. The lowest BCUT2D eigenvalue weighted by molar-refractivity contribution is -0.135. The number of methoxy groups -OCH3 is 1. The van der Waals surface area contributed by atoms with Crippen molar-refractivity contribution in [2.24, 2.45) is 0 Å². The van der Waals surface area contributed by atoms with Crippen molar-refractivity contribution in [3.63, 3.8) is 0 Å². The fraction of sp³-hybridized carbons (Fsp3) is 0.545. The molecule has 19 heavy (non-hydrogen) atoms. The first kappa shape index (κ1) is 17.6. The van der Waals surface area contributed by atoms with Crippen LogP contribution in [0.2, 0.25) is 0 Å². The lowest BCUT2D eigenvalue weighted by atomic mass is 10.4. The molecule has 0 saturated heterocycles. The summed E-state index contributed by atoms with van der Waals surface area (Å²) in [6, 6.07) is 0. The van der Waals surface area contributed by atoms with Crippen LogP contribution < -0.4 is 0 Å². The van der Waals surface area contributed by atoms with Crippen LogP contribution in [0.1, 0.15) is 0 Å². The van der Waals surface area contributed by atoms with E-state index in [1.807, 2.05) is 0 Å². The lowest BCUT2D eigenvalue weighted by Crippen LogP contribution is -2.24. The van der Waals surface area contributed by atoms with Crippen LogP contribution >= 0.6 is 0 Å². The SMILES string of the molecule is COC(=O)/C(=C\C=C\N(CCO)CCO)S(C)(=O)=O. The van der Waals surface area contributed by atoms with Gasteiger partial charge in [-0.05, 0) is 18.4 Å². The average Bonchev–Trinajstić information content (AvgIpc) is 2.32. The predicted octanol–water partition coefficient (Wildman–Crippen LogP) is -1.11. The van der Waals surface area contributed by atoms with Gasteiger partial charge in [0.1, 0.15) is 0 Å². The molecule has 110 valence electrons. The molecule has 0 aromatic carbocycles. The predicted molar refractivity (Wildman–Crippen MR) is 69.8 cm³/mol. The molecule has 0 aromatic rings. The molecule has 0 fully saturated rings. The van der Waals surface area contributed by atoms with Gasteiger partial charge in [0.25, 0.3) is 0 Å². The van der Waals surface area contributed by atoms with E-state index in [2.05, 4.69) is 4.74 Å². The van der Waals surface area contributed by atoms with Crippen molar-refractivity contribution >= 4 is 15.8 Å². The number of hydrogen-bond donors (Lipinski definition) is 2. The largest absolute Gasteiger partial charge is 0.465 e. The number of nitrogens with zero attached hydrogens (tertiary/aromatic N) is 1. The van der Waals surface area contributed by atoms with Gasteiger partial charge in [-0.3, -0.25) is 0 Å². The minimum absolute atomic E-state index is 0.107. The van der Waals surface area contributed by atoms with Crippen molar-refractivity contribution in [3.05, 3.63) is 23.3 Å². The molecule has 2 N–H and O–H groups in total. The summed E-state index contributed by atoms with van der Waals surface area (Å²) < 4.78 is 27.1. The number of aliphatic hydroxyl groups is 2. The molecule has 0 atom stereocenters. The Kier molecular flexibility index (Phi) is 8.05. The number of esters is 1. The molecule has 0 heterocycles. The molecule has 0 unspecified atom stereocenters. The van der Waals surface area contributed by atoms with Gasteiger partial charge in [-0.1, -0.05) is 0 Å². The van der Waals surface area contributed by atoms with Crippen molar-refractivity contribution in [1.29, 1.82) is 0 Å². The van der Waals surface area contributed by atoms with E-state index in [-0.39, 0.29) is 26.3 Å². The van der Waals surface area contributed by atoms with E-state index in [9.17, 15) is 13.2 Å². The molecule has 8 heteroatoms. The molecule has 0 saturated carbocycles. The smallest absolute Gasteiger partial charge is 0.349 e. The van der Waals surface area contributed by atoms with E-state index in [4.69, 9.17) is 10.2 Å². The number of carbonyl (C=O) groups excluding carboxylic acids is 1. The molecule has 0 amide bonds. The second-order valence-electron chi connectivity index (χ2n) is 3.62. The maximum atomic E-state index is 11.4. The van der Waals surface area contributed by atoms with Gasteiger partial charge in [0.2, 0.25) is 0 Å². The highest BCUT2D eigenvalue weighted by molar-refractivity contribution is 7.95. The summed E-state index contributed by atoms with van der Waals surface area (Å²) in [5.41, 5.74) is 0. The maximum Gasteiger partial charge on any atom is 0.349 e. The van der Waals surface area contributed by atoms with E-state index in [1.54, 1.807) is 4.90 Å². The van der Waals surface area contributed by atoms with Crippen LogP contribution in [0.15, 0.2) is 23.3 Å². The Morgan fingerprint density at radius 3 is 2.16 bits per heavy atom. The summed E-state index contributed by atoms with van der Waals surface area (Å²) in [7, 11) is -2.59. The molecular formula is C11H19NO6S. The van der Waals surface area contributed by atoms with Crippen LogP contribution in [0.25, 0.3) is 0 Å². The topological polar surface area (TPSA) is 104 Å². The molecule has 0 aliphatic rings. The van der Waals surface area contributed by atoms with Crippen molar-refractivity contribution < 1.29 is 28.2 Å². The van der Waals surface area contributed by atoms with Gasteiger partial charge in [-0.25, -0.2) is 13.2 Å². The van der Waals surface area contributed by atoms with E-state index >= 15 is 0 Å². The van der Waals surface area contributed by atoms with E-state index in [1.165, 1.54) is 12.3 Å². The van der Waals surface area contributed by atoms with Crippen molar-refractivity contribution in [2.45, 2.75) is 0 Å². The van der Waals surface area contributed by atoms with E-state index in [0.29, 0.717) is 0 Å². The lowest BCUT2D eigenvalue weighted by Gasteiger charge is -2.16. The number of aliphatic hydroxyl groups excluding tert-OH is 2. The normalized spacial score (nSPS) is 12.7. The van der Waals surface area contributed by atoms with Crippen LogP contribution in [-0.4, -0.2) is 69.2 Å². The zero-order chi connectivity index (χ0) is 14.9. The van der Waals surface area contributed by atoms with E-state index in [0.717, 1.165) is 19.4 Å². The number of sulfone groups is 1. The molecule has 0 radical (unpaired) electrons. The van der Waals surface area contributed by atoms with Gasteiger partial charge < -0.3 is 19.8 Å². The Morgan fingerprint density at radius 1 is 1.26 bits per heavy atom. The highest BCUT2D eigenvalue weighted by Gasteiger charge is 2.19. The molecular weight excluding hydrogens is 274 g/mol. The molecule has 0 aliphatic heterocycles. The summed E-state index contributed by atoms with van der Waals surface area (Å²) in [5.74, 6) is -0.942. The van der Waals surface area contributed by atoms with Gasteiger partial charge in [0.15, 0.2) is 14.7 Å². The van der Waals surface area contributed by atoms with Gasteiger partial charge in [0, 0.05) is 19.3 Å². The first-order valence-corrected chi connectivity index (χ1v) is 7.38. The maximum absolute atomic E-state index is 11.4. The fourth-order valence-electron chi connectivity index (χ4n) is 1.21. The molecule has 0 spiro atoms. The van der Waals surface area contributed by atoms with E-state index < -0.39 is 20.7 Å². The van der Waals surface area contributed by atoms with Crippen LogP contribution in [0.4, 0.5) is 0 Å². The van der Waals surface area contributed by atoms with Crippen molar-refractivity contribution in [1.82, 2.24) is 4.90 Å². The number of rotatable bonds is 8. The number of ether oxygens (including phenoxy) is 1. The second kappa shape index (κ2) is 8.68. The summed E-state index contributed by atoms with van der Waals surface area (Å²) in [6.45, 7) is 0.364. The summed E-state index contributed by atoms with van der Waals surface area (Å²) in [4.78, 5) is 12.4. The average molecular weight is 293 g/mol. The third-order valence-corrected chi connectivity index (χ3v) is 3.21. The highest BCUT2D eigenvalue weighted by atomic mass is 32.2. The van der Waals surface area contributed by atoms with Crippen LogP contribution in [0.3, 0.4) is 0 Å². The van der Waals surface area contributed by atoms with Gasteiger partial charge in [-0.15, -0.1) is 0 Å². The zero-order valence-electron chi connectivity index (χ0n) is 10.9. The number of carbonyl (C=O) groups is 1. The summed E-state index contributed by atoms with van der Waals surface area (Å²) in [5, 5.41) is 17.6. The van der Waals surface area contributed by atoms with Crippen molar-refractivity contribution in [2.75, 3.05) is 39.7 Å². The quantitative estimate of drug-likeness (QED) is 0.332. The first-order valence-electron chi connectivity index (χ1n) is 5.49. The number of hydrogen-bond acceptors (Lipinski definition) is 7. The van der Waals surface area contributed by atoms with Gasteiger partial charge in [-0.2, -0.15) is 0 Å². The third kappa shape index (κ3) is 6.94. The van der Waals surface area contributed by atoms with Gasteiger partial charge in [0.05, 0.1) is 20.3 Å². The Morgan fingerprint density at radius 2 is 1.79 bits per heavy atom. The Balaban J connectivity index is 5.01. The number of allylic oxidation sites excluding steroid dienone is 2. The Labute approximate surface area is 112 Å². The molecule has 7 nitrogen and oxygen atoms in total. The van der Waals surface area contributed by atoms with Crippen LogP contribution in [0, 0.1) is 0 Å². The second-order valence-corrected chi connectivity index (χ2v) is 5.60. The van der Waals surface area contributed by atoms with Crippen molar-refractivity contribution in [3.8, 4) is 0 Å². The first-order chi connectivity index (χ1) is 8.86. The van der Waals surface area contributed by atoms with Crippen LogP contribution in [-0.2, 0) is 19.4 Å². The minimum Gasteiger partial charge on any atom is -0.465 e. The fourth-order valence-corrected chi connectivity index (χ4v) is 1.93. The molecule has 0 rings (SSSR count). The summed E-state index contributed by atoms with van der Waals surface area (Å²) in [6.07, 6.45) is 4.84. The zero-order valence-corrected chi connectivity index (χ0v) is 11.8.